The van der Waals surface area contributed by atoms with Crippen molar-refractivity contribution in [1.82, 2.24) is 0 Å². The molecule has 186 valence electrons. The summed E-state index contributed by atoms with van der Waals surface area (Å²) in [7, 11) is 0. The van der Waals surface area contributed by atoms with Crippen LogP contribution in [0, 0.1) is 5.92 Å². The molecule has 0 aliphatic carbocycles. The quantitative estimate of drug-likeness (QED) is 0.240. The highest BCUT2D eigenvalue weighted by molar-refractivity contribution is 9.10. The third-order valence-corrected chi connectivity index (χ3v) is 6.36. The summed E-state index contributed by atoms with van der Waals surface area (Å²) >= 11 is 15.9. The Morgan fingerprint density at radius 2 is 1.71 bits per heavy atom. The number of amides is 1. The van der Waals surface area contributed by atoms with Gasteiger partial charge in [0, 0.05) is 44.4 Å². The number of hydrogen-bond acceptors (Lipinski definition) is 4. The van der Waals surface area contributed by atoms with Gasteiger partial charge in [-0.25, -0.2) is 0 Å². The van der Waals surface area contributed by atoms with E-state index in [4.69, 9.17) is 32.7 Å². The van der Waals surface area contributed by atoms with Crippen molar-refractivity contribution in [3.05, 3.63) is 80.2 Å². The Balaban J connectivity index is 1.69. The van der Waals surface area contributed by atoms with Crippen LogP contribution in [0.2, 0.25) is 10.0 Å². The van der Waals surface area contributed by atoms with Gasteiger partial charge in [-0.15, -0.1) is 0 Å². The van der Waals surface area contributed by atoms with Gasteiger partial charge in [0.1, 0.15) is 6.61 Å². The molecular weight excluding hydrogens is 551 g/mol. The lowest BCUT2D eigenvalue weighted by molar-refractivity contribution is -0.116. The average molecular weight is 580 g/mol. The molecule has 0 unspecified atom stereocenters. The first-order valence-corrected chi connectivity index (χ1v) is 13.0. The zero-order valence-electron chi connectivity index (χ0n) is 20.0. The molecule has 0 heterocycles. The molecule has 0 radical (unpaired) electrons. The third kappa shape index (κ3) is 8.34. The van der Waals surface area contributed by atoms with Crippen LogP contribution in [-0.2, 0) is 17.9 Å². The normalized spacial score (nSPS) is 10.8. The molecule has 0 aliphatic heterocycles. The van der Waals surface area contributed by atoms with Gasteiger partial charge in [0.15, 0.2) is 11.5 Å². The number of ether oxygens (including phenoxy) is 2. The molecule has 0 fully saturated rings. The summed E-state index contributed by atoms with van der Waals surface area (Å²) in [5.74, 6) is 1.58. The second-order valence-corrected chi connectivity index (χ2v) is 10.1. The number of hydrogen-bond donors (Lipinski definition) is 2. The monoisotopic (exact) mass is 578 g/mol. The molecule has 3 rings (SSSR count). The van der Waals surface area contributed by atoms with Gasteiger partial charge >= 0.3 is 0 Å². The first-order valence-electron chi connectivity index (χ1n) is 11.4. The molecule has 0 spiro atoms. The minimum atomic E-state index is 0.0109. The second-order valence-electron chi connectivity index (χ2n) is 8.43. The minimum Gasteiger partial charge on any atom is -0.490 e. The van der Waals surface area contributed by atoms with Crippen molar-refractivity contribution in [1.29, 1.82) is 0 Å². The van der Waals surface area contributed by atoms with Crippen molar-refractivity contribution in [2.75, 3.05) is 17.2 Å². The Hall–Kier alpha value is -2.41. The van der Waals surface area contributed by atoms with E-state index in [1.807, 2.05) is 63.2 Å². The van der Waals surface area contributed by atoms with E-state index in [-0.39, 0.29) is 12.5 Å². The van der Waals surface area contributed by atoms with Crippen LogP contribution in [0.3, 0.4) is 0 Å². The Morgan fingerprint density at radius 1 is 0.971 bits per heavy atom. The van der Waals surface area contributed by atoms with E-state index in [2.05, 4.69) is 26.6 Å². The SMILES string of the molecule is CCOc1cc(CNc2cccc(NC(=O)CC(C)C)c2)c(Br)cc1OCc1ccc(Cl)cc1Cl. The lowest BCUT2D eigenvalue weighted by Crippen LogP contribution is -2.14. The van der Waals surface area contributed by atoms with Crippen LogP contribution in [0.4, 0.5) is 11.4 Å². The topological polar surface area (TPSA) is 59.6 Å². The van der Waals surface area contributed by atoms with Crippen LogP contribution in [0.15, 0.2) is 59.1 Å². The molecule has 1 amide bonds. The van der Waals surface area contributed by atoms with Crippen molar-refractivity contribution in [3.8, 4) is 11.5 Å². The fraction of sp³-hybridized carbons (Fsp3) is 0.296. The molecule has 5 nitrogen and oxygen atoms in total. The Morgan fingerprint density at radius 3 is 2.43 bits per heavy atom. The number of nitrogens with one attached hydrogen (secondary N) is 2. The molecule has 0 atom stereocenters. The summed E-state index contributed by atoms with van der Waals surface area (Å²) in [5.41, 5.74) is 3.49. The number of halogens is 3. The number of carbonyl (C=O) groups excluding carboxylic acids is 1. The predicted octanol–water partition coefficient (Wildman–Crippen LogP) is 8.33. The number of benzene rings is 3. The summed E-state index contributed by atoms with van der Waals surface area (Å²) in [5, 5.41) is 7.49. The molecule has 0 aromatic heterocycles. The van der Waals surface area contributed by atoms with Crippen LogP contribution in [0.1, 0.15) is 38.3 Å². The first kappa shape index (κ1) is 27.2. The van der Waals surface area contributed by atoms with E-state index in [1.54, 1.807) is 12.1 Å². The highest BCUT2D eigenvalue weighted by Gasteiger charge is 2.13. The zero-order valence-corrected chi connectivity index (χ0v) is 23.1. The third-order valence-electron chi connectivity index (χ3n) is 5.03. The van der Waals surface area contributed by atoms with Crippen molar-refractivity contribution in [2.45, 2.75) is 40.3 Å². The van der Waals surface area contributed by atoms with E-state index in [0.717, 1.165) is 27.0 Å². The van der Waals surface area contributed by atoms with Crippen LogP contribution in [0.5, 0.6) is 11.5 Å². The standard InChI is InChI=1S/C27H29BrCl2N2O3/c1-4-34-25-11-19(15-31-21-6-5-7-22(13-21)32-27(33)10-17(2)3)23(28)14-26(25)35-16-18-8-9-20(29)12-24(18)30/h5-9,11-14,17,31H,4,10,15-16H2,1-3H3,(H,32,33). The summed E-state index contributed by atoms with van der Waals surface area (Å²) < 4.78 is 12.8. The molecule has 0 saturated heterocycles. The molecule has 2 N–H and O–H groups in total. The van der Waals surface area contributed by atoms with E-state index in [1.165, 1.54) is 0 Å². The zero-order chi connectivity index (χ0) is 25.4. The number of anilines is 2. The fourth-order valence-electron chi connectivity index (χ4n) is 3.38. The van der Waals surface area contributed by atoms with Crippen LogP contribution in [0.25, 0.3) is 0 Å². The first-order chi connectivity index (χ1) is 16.7. The van der Waals surface area contributed by atoms with E-state index in [9.17, 15) is 4.79 Å². The lowest BCUT2D eigenvalue weighted by atomic mass is 10.1. The molecule has 0 saturated carbocycles. The largest absolute Gasteiger partial charge is 0.490 e. The minimum absolute atomic E-state index is 0.0109. The van der Waals surface area contributed by atoms with Gasteiger partial charge in [-0.1, -0.05) is 65.1 Å². The predicted molar refractivity (Wildman–Crippen MR) is 148 cm³/mol. The second kappa shape index (κ2) is 13.1. The van der Waals surface area contributed by atoms with Crippen LogP contribution >= 0.6 is 39.1 Å². The Bertz CT molecular complexity index is 1170. The maximum atomic E-state index is 12.1. The van der Waals surface area contributed by atoms with Gasteiger partial charge < -0.3 is 20.1 Å². The van der Waals surface area contributed by atoms with Crippen molar-refractivity contribution in [2.24, 2.45) is 5.92 Å². The molecule has 8 heteroatoms. The molecule has 3 aromatic rings. The van der Waals surface area contributed by atoms with E-state index < -0.39 is 0 Å². The highest BCUT2D eigenvalue weighted by atomic mass is 79.9. The average Bonchev–Trinajstić information content (AvgIpc) is 2.79. The summed E-state index contributed by atoms with van der Waals surface area (Å²) in [6.45, 7) is 7.32. The molecule has 0 bridgehead atoms. The van der Waals surface area contributed by atoms with E-state index >= 15 is 0 Å². The van der Waals surface area contributed by atoms with Gasteiger partial charge in [-0.05, 0) is 60.9 Å². The molecule has 35 heavy (non-hydrogen) atoms. The maximum absolute atomic E-state index is 12.1. The van der Waals surface area contributed by atoms with Gasteiger partial charge in [-0.3, -0.25) is 4.79 Å². The Kier molecular flexibility index (Phi) is 10.1. The van der Waals surface area contributed by atoms with Crippen molar-refractivity contribution in [3.63, 3.8) is 0 Å². The highest BCUT2D eigenvalue weighted by Crippen LogP contribution is 2.35. The van der Waals surface area contributed by atoms with Crippen LogP contribution in [-0.4, -0.2) is 12.5 Å². The van der Waals surface area contributed by atoms with Crippen LogP contribution < -0.4 is 20.1 Å². The van der Waals surface area contributed by atoms with Crippen molar-refractivity contribution >= 4 is 56.4 Å². The van der Waals surface area contributed by atoms with Gasteiger partial charge in [0.25, 0.3) is 0 Å². The van der Waals surface area contributed by atoms with Gasteiger partial charge in [-0.2, -0.15) is 0 Å². The number of rotatable bonds is 11. The lowest BCUT2D eigenvalue weighted by Gasteiger charge is -2.16. The van der Waals surface area contributed by atoms with Crippen molar-refractivity contribution < 1.29 is 14.3 Å². The maximum Gasteiger partial charge on any atom is 0.224 e. The summed E-state index contributed by atoms with van der Waals surface area (Å²) in [6.07, 6.45) is 0.490. The molecule has 0 aliphatic rings. The number of carbonyl (C=O) groups is 1. The summed E-state index contributed by atoms with van der Waals surface area (Å²) in [6, 6.07) is 16.8. The summed E-state index contributed by atoms with van der Waals surface area (Å²) in [4.78, 5) is 12.1. The smallest absolute Gasteiger partial charge is 0.224 e. The Labute approximate surface area is 225 Å². The van der Waals surface area contributed by atoms with Gasteiger partial charge in [0.05, 0.1) is 6.61 Å². The van der Waals surface area contributed by atoms with Gasteiger partial charge in [0.2, 0.25) is 5.91 Å². The fourth-order valence-corrected chi connectivity index (χ4v) is 4.30. The molecular formula is C27H29BrCl2N2O3. The molecule has 3 aromatic carbocycles. The van der Waals surface area contributed by atoms with E-state index in [0.29, 0.717) is 47.0 Å².